The number of rotatable bonds is 7. The van der Waals surface area contributed by atoms with Gasteiger partial charge >= 0.3 is 0 Å². The maximum atomic E-state index is 12.9. The van der Waals surface area contributed by atoms with Gasteiger partial charge in [0.1, 0.15) is 0 Å². The maximum Gasteiger partial charge on any atom is 0.223 e. The van der Waals surface area contributed by atoms with Crippen molar-refractivity contribution in [2.24, 2.45) is 11.8 Å². The Hall–Kier alpha value is -1.99. The smallest absolute Gasteiger partial charge is 0.223 e. The molecule has 3 heterocycles. The lowest BCUT2D eigenvalue weighted by atomic mass is 9.93. The number of pyridine rings is 1. The van der Waals surface area contributed by atoms with Crippen molar-refractivity contribution in [3.63, 3.8) is 0 Å². The van der Waals surface area contributed by atoms with E-state index in [-0.39, 0.29) is 17.7 Å². The van der Waals surface area contributed by atoms with Crippen LogP contribution in [-0.4, -0.2) is 72.4 Å². The molecule has 2 saturated heterocycles. The van der Waals surface area contributed by atoms with Crippen LogP contribution in [0.2, 0.25) is 0 Å². The zero-order valence-corrected chi connectivity index (χ0v) is 19.7. The van der Waals surface area contributed by atoms with E-state index in [4.69, 9.17) is 0 Å². The van der Waals surface area contributed by atoms with Crippen molar-refractivity contribution in [2.75, 3.05) is 45.8 Å². The molecule has 2 aliphatic rings. The summed E-state index contributed by atoms with van der Waals surface area (Å²) in [7, 11) is 0. The largest absolute Gasteiger partial charge is 0.356 e. The van der Waals surface area contributed by atoms with E-state index in [1.54, 1.807) is 0 Å². The average Bonchev–Trinajstić information content (AvgIpc) is 2.86. The normalized spacial score (nSPS) is 22.7. The molecular formula is C25H41N5O2. The summed E-state index contributed by atoms with van der Waals surface area (Å²) >= 11 is 0. The van der Waals surface area contributed by atoms with Crippen molar-refractivity contribution in [1.29, 1.82) is 0 Å². The van der Waals surface area contributed by atoms with E-state index in [2.05, 4.69) is 32.3 Å². The van der Waals surface area contributed by atoms with E-state index in [0.29, 0.717) is 13.0 Å². The average molecular weight is 444 g/mol. The van der Waals surface area contributed by atoms with E-state index < -0.39 is 0 Å². The van der Waals surface area contributed by atoms with Crippen molar-refractivity contribution < 1.29 is 9.59 Å². The molecule has 2 aliphatic heterocycles. The van der Waals surface area contributed by atoms with Crippen molar-refractivity contribution in [3.05, 3.63) is 30.1 Å². The van der Waals surface area contributed by atoms with Gasteiger partial charge in [-0.1, -0.05) is 6.92 Å². The van der Waals surface area contributed by atoms with Crippen molar-refractivity contribution >= 4 is 11.8 Å². The minimum Gasteiger partial charge on any atom is -0.356 e. The van der Waals surface area contributed by atoms with E-state index >= 15 is 0 Å². The lowest BCUT2D eigenvalue weighted by Crippen LogP contribution is -2.37. The quantitative estimate of drug-likeness (QED) is 0.677. The molecule has 0 saturated carbocycles. The highest BCUT2D eigenvalue weighted by Crippen LogP contribution is 2.20. The lowest BCUT2D eigenvalue weighted by Gasteiger charge is -2.31. The molecule has 1 atom stereocenters. The van der Waals surface area contributed by atoms with Crippen LogP contribution in [0, 0.1) is 11.8 Å². The van der Waals surface area contributed by atoms with E-state index in [1.165, 1.54) is 31.5 Å². The molecule has 7 nitrogen and oxygen atoms in total. The van der Waals surface area contributed by atoms with Crippen LogP contribution in [-0.2, 0) is 16.1 Å². The fourth-order valence-corrected chi connectivity index (χ4v) is 4.85. The maximum absolute atomic E-state index is 12.9. The van der Waals surface area contributed by atoms with Gasteiger partial charge < -0.3 is 15.5 Å². The standard InChI is InChI=1S/C25H41N5O2/c1-2-29-17-9-21(10-18-29)7-14-28-25(32)23-4-3-16-30(19-11-24(31)27-15-8-23)20-22-5-12-26-13-6-22/h5-6,12-13,21,23H,2-4,7-11,14-20H2,1H3,(H,27,31)(H,28,32). The third-order valence-corrected chi connectivity index (χ3v) is 7.03. The van der Waals surface area contributed by atoms with Crippen molar-refractivity contribution in [1.82, 2.24) is 25.4 Å². The number of likely N-dealkylation sites (tertiary alicyclic amines) is 1. The summed E-state index contributed by atoms with van der Waals surface area (Å²) in [6.07, 6.45) is 10.2. The lowest BCUT2D eigenvalue weighted by molar-refractivity contribution is -0.126. The van der Waals surface area contributed by atoms with E-state index in [1.807, 2.05) is 24.5 Å². The second-order valence-electron chi connectivity index (χ2n) is 9.32. The Balaban J connectivity index is 1.45. The number of carbonyl (C=O) groups excluding carboxylic acids is 2. The second kappa shape index (κ2) is 13.5. The summed E-state index contributed by atoms with van der Waals surface area (Å²) in [4.78, 5) is 34.0. The van der Waals surface area contributed by atoms with Crippen LogP contribution < -0.4 is 10.6 Å². The minimum atomic E-state index is -0.0295. The van der Waals surface area contributed by atoms with E-state index in [0.717, 1.165) is 64.3 Å². The van der Waals surface area contributed by atoms with Crippen LogP contribution in [0.4, 0.5) is 0 Å². The van der Waals surface area contributed by atoms with Crippen LogP contribution in [0.5, 0.6) is 0 Å². The highest BCUT2D eigenvalue weighted by atomic mass is 16.2. The van der Waals surface area contributed by atoms with Crippen molar-refractivity contribution in [3.8, 4) is 0 Å². The molecule has 7 heteroatoms. The van der Waals surface area contributed by atoms with Gasteiger partial charge in [0.25, 0.3) is 0 Å². The van der Waals surface area contributed by atoms with Gasteiger partial charge in [0.2, 0.25) is 11.8 Å². The molecule has 1 unspecified atom stereocenters. The molecule has 0 aromatic carbocycles. The molecule has 3 rings (SSSR count). The molecule has 2 amide bonds. The number of nitrogens with zero attached hydrogens (tertiary/aromatic N) is 3. The summed E-state index contributed by atoms with van der Waals surface area (Å²) in [5, 5.41) is 6.21. The fourth-order valence-electron chi connectivity index (χ4n) is 4.85. The first-order valence-corrected chi connectivity index (χ1v) is 12.5. The molecule has 2 N–H and O–H groups in total. The van der Waals surface area contributed by atoms with Crippen LogP contribution in [0.25, 0.3) is 0 Å². The zero-order chi connectivity index (χ0) is 22.6. The molecule has 1 aromatic rings. The summed E-state index contributed by atoms with van der Waals surface area (Å²) in [6, 6.07) is 4.04. The Bertz CT molecular complexity index is 691. The van der Waals surface area contributed by atoms with Gasteiger partial charge in [0.05, 0.1) is 0 Å². The Morgan fingerprint density at radius 2 is 1.88 bits per heavy atom. The van der Waals surface area contributed by atoms with Gasteiger partial charge in [0, 0.05) is 50.9 Å². The van der Waals surface area contributed by atoms with Crippen LogP contribution in [0.3, 0.4) is 0 Å². The zero-order valence-electron chi connectivity index (χ0n) is 19.7. The summed E-state index contributed by atoms with van der Waals surface area (Å²) in [5.41, 5.74) is 1.20. The molecule has 0 spiro atoms. The van der Waals surface area contributed by atoms with Gasteiger partial charge in [-0.3, -0.25) is 19.5 Å². The molecule has 0 radical (unpaired) electrons. The first-order chi connectivity index (χ1) is 15.6. The Labute approximate surface area is 193 Å². The topological polar surface area (TPSA) is 77.6 Å². The van der Waals surface area contributed by atoms with Gasteiger partial charge in [-0.15, -0.1) is 0 Å². The molecule has 1 aromatic heterocycles. The van der Waals surface area contributed by atoms with Gasteiger partial charge in [-0.05, 0) is 88.3 Å². The van der Waals surface area contributed by atoms with Crippen LogP contribution in [0.1, 0.15) is 57.4 Å². The van der Waals surface area contributed by atoms with Gasteiger partial charge in [-0.25, -0.2) is 0 Å². The Morgan fingerprint density at radius 1 is 1.09 bits per heavy atom. The van der Waals surface area contributed by atoms with Gasteiger partial charge in [-0.2, -0.15) is 0 Å². The van der Waals surface area contributed by atoms with Crippen LogP contribution in [0.15, 0.2) is 24.5 Å². The molecule has 0 bridgehead atoms. The fraction of sp³-hybridized carbons (Fsp3) is 0.720. The Morgan fingerprint density at radius 3 is 2.62 bits per heavy atom. The number of nitrogens with one attached hydrogen (secondary N) is 2. The SMILES string of the molecule is CCN1CCC(CCNC(=O)C2CCCN(Cc3ccncc3)CCC(=O)NCC2)CC1. The first kappa shape index (κ1) is 24.6. The third kappa shape index (κ3) is 8.51. The van der Waals surface area contributed by atoms with Crippen LogP contribution >= 0.6 is 0 Å². The molecular weight excluding hydrogens is 402 g/mol. The van der Waals surface area contributed by atoms with E-state index in [9.17, 15) is 9.59 Å². The van der Waals surface area contributed by atoms with Gasteiger partial charge in [0.15, 0.2) is 0 Å². The third-order valence-electron chi connectivity index (χ3n) is 7.03. The predicted octanol–water partition coefficient (Wildman–Crippen LogP) is 2.43. The highest BCUT2D eigenvalue weighted by molar-refractivity contribution is 5.79. The number of carbonyl (C=O) groups is 2. The molecule has 32 heavy (non-hydrogen) atoms. The number of aromatic nitrogens is 1. The summed E-state index contributed by atoms with van der Waals surface area (Å²) < 4.78 is 0. The second-order valence-corrected chi connectivity index (χ2v) is 9.32. The number of piperidine rings is 1. The number of hydrogen-bond acceptors (Lipinski definition) is 5. The highest BCUT2D eigenvalue weighted by Gasteiger charge is 2.22. The Kier molecular flexibility index (Phi) is 10.4. The molecule has 0 aliphatic carbocycles. The minimum absolute atomic E-state index is 0.0295. The number of hydrogen-bond donors (Lipinski definition) is 2. The summed E-state index contributed by atoms with van der Waals surface area (Å²) in [6.45, 7) is 9.54. The molecule has 2 fully saturated rings. The van der Waals surface area contributed by atoms with Crippen molar-refractivity contribution in [2.45, 2.75) is 58.4 Å². The predicted molar refractivity (Wildman–Crippen MR) is 127 cm³/mol. The summed E-state index contributed by atoms with van der Waals surface area (Å²) in [5.74, 6) is 0.930. The monoisotopic (exact) mass is 443 g/mol. The first-order valence-electron chi connectivity index (χ1n) is 12.5. The molecule has 178 valence electrons. The number of amides is 2.